The lowest BCUT2D eigenvalue weighted by molar-refractivity contribution is -0.120. The molecule has 0 atom stereocenters. The molecule has 2 aromatic carbocycles. The Morgan fingerprint density at radius 3 is 2.41 bits per heavy atom. The van der Waals surface area contributed by atoms with Crippen molar-refractivity contribution in [2.75, 3.05) is 32.6 Å². The number of benzene rings is 2. The monoisotopic (exact) mass is 437 g/mol. The molecule has 0 bridgehead atoms. The lowest BCUT2D eigenvalue weighted by Crippen LogP contribution is -2.26. The number of anilines is 2. The Morgan fingerprint density at radius 1 is 0.969 bits per heavy atom. The van der Waals surface area contributed by atoms with Crippen LogP contribution in [0.15, 0.2) is 42.7 Å². The van der Waals surface area contributed by atoms with Crippen molar-refractivity contribution < 1.29 is 14.3 Å². The van der Waals surface area contributed by atoms with Gasteiger partial charge >= 0.3 is 0 Å². The van der Waals surface area contributed by atoms with Crippen molar-refractivity contribution in [1.29, 1.82) is 0 Å². The van der Waals surface area contributed by atoms with Gasteiger partial charge in [0.05, 0.1) is 26.2 Å². The Balaban J connectivity index is 1.60. The number of nitrogens with one attached hydrogen (secondary N) is 2. The van der Waals surface area contributed by atoms with Crippen molar-refractivity contribution >= 4 is 28.3 Å². The maximum absolute atomic E-state index is 12.2. The van der Waals surface area contributed by atoms with E-state index < -0.39 is 0 Å². The van der Waals surface area contributed by atoms with Crippen molar-refractivity contribution in [3.8, 4) is 11.5 Å². The van der Waals surface area contributed by atoms with Gasteiger partial charge in [-0.15, -0.1) is 0 Å². The number of fused-ring (bicyclic) bond motifs is 1. The fourth-order valence-electron chi connectivity index (χ4n) is 3.42. The molecule has 170 valence electrons. The summed E-state index contributed by atoms with van der Waals surface area (Å²) in [5.41, 5.74) is 8.05. The third-order valence-electron chi connectivity index (χ3n) is 5.18. The van der Waals surface area contributed by atoms with Gasteiger partial charge in [-0.2, -0.15) is 0 Å². The third-order valence-corrected chi connectivity index (χ3v) is 5.18. The summed E-state index contributed by atoms with van der Waals surface area (Å²) in [6.07, 6.45) is 6.10. The zero-order chi connectivity index (χ0) is 22.8. The summed E-state index contributed by atoms with van der Waals surface area (Å²) in [6, 6.07) is 11.4. The average molecular weight is 438 g/mol. The predicted octanol–water partition coefficient (Wildman–Crippen LogP) is 3.57. The molecule has 1 heterocycles. The van der Waals surface area contributed by atoms with E-state index >= 15 is 0 Å². The molecule has 32 heavy (non-hydrogen) atoms. The maximum atomic E-state index is 12.2. The van der Waals surface area contributed by atoms with Gasteiger partial charge in [-0.3, -0.25) is 4.79 Å². The number of nitrogens with two attached hydrogens (primary N) is 1. The van der Waals surface area contributed by atoms with Crippen molar-refractivity contribution in [3.05, 3.63) is 48.3 Å². The van der Waals surface area contributed by atoms with Crippen molar-refractivity contribution in [2.24, 2.45) is 5.73 Å². The molecular weight excluding hydrogens is 406 g/mol. The van der Waals surface area contributed by atoms with Crippen LogP contribution in [0.4, 0.5) is 11.5 Å². The Kier molecular flexibility index (Phi) is 8.62. The van der Waals surface area contributed by atoms with Crippen LogP contribution in [0.25, 0.3) is 10.9 Å². The lowest BCUT2D eigenvalue weighted by Gasteiger charge is -2.12. The van der Waals surface area contributed by atoms with Gasteiger partial charge in [0.2, 0.25) is 5.91 Å². The van der Waals surface area contributed by atoms with Crippen LogP contribution in [-0.4, -0.2) is 43.2 Å². The minimum atomic E-state index is 0.0346. The van der Waals surface area contributed by atoms with E-state index in [1.165, 1.54) is 6.33 Å². The SMILES string of the molecule is COc1cc2ncnc(Nc3ccc(CC(=O)NCCCCCCN)cc3)c2cc1OC. The number of methoxy groups -OCH3 is 2. The van der Waals surface area contributed by atoms with Crippen LogP contribution in [0.3, 0.4) is 0 Å². The van der Waals surface area contributed by atoms with E-state index in [-0.39, 0.29) is 5.91 Å². The number of nitrogens with zero attached hydrogens (tertiary/aromatic N) is 2. The molecule has 0 radical (unpaired) electrons. The summed E-state index contributed by atoms with van der Waals surface area (Å²) in [6.45, 7) is 1.44. The second-order valence-electron chi connectivity index (χ2n) is 7.50. The number of carbonyl (C=O) groups is 1. The van der Waals surface area contributed by atoms with Crippen molar-refractivity contribution in [3.63, 3.8) is 0 Å². The highest BCUT2D eigenvalue weighted by atomic mass is 16.5. The number of aromatic nitrogens is 2. The van der Waals surface area contributed by atoms with E-state index in [4.69, 9.17) is 15.2 Å². The van der Waals surface area contributed by atoms with E-state index in [0.717, 1.165) is 54.4 Å². The summed E-state index contributed by atoms with van der Waals surface area (Å²) in [5.74, 6) is 1.92. The molecule has 8 nitrogen and oxygen atoms in total. The maximum Gasteiger partial charge on any atom is 0.224 e. The molecule has 0 spiro atoms. The standard InChI is InChI=1S/C24H31N5O3/c1-31-21-14-19-20(15-22(21)32-2)27-16-28-24(19)29-18-9-7-17(8-10-18)13-23(30)26-12-6-4-3-5-11-25/h7-10,14-16H,3-6,11-13,25H2,1-2H3,(H,26,30)(H,27,28,29). The number of ether oxygens (including phenoxy) is 2. The average Bonchev–Trinajstić information content (AvgIpc) is 2.82. The first-order valence-corrected chi connectivity index (χ1v) is 10.8. The normalized spacial score (nSPS) is 10.7. The largest absolute Gasteiger partial charge is 0.493 e. The second kappa shape index (κ2) is 11.9. The minimum absolute atomic E-state index is 0.0346. The fourth-order valence-corrected chi connectivity index (χ4v) is 3.42. The van der Waals surface area contributed by atoms with Crippen LogP contribution in [0.2, 0.25) is 0 Å². The summed E-state index contributed by atoms with van der Waals surface area (Å²) in [5, 5.41) is 7.12. The predicted molar refractivity (Wildman–Crippen MR) is 127 cm³/mol. The molecule has 3 rings (SSSR count). The van der Waals surface area contributed by atoms with Crippen molar-refractivity contribution in [2.45, 2.75) is 32.1 Å². The van der Waals surface area contributed by atoms with Crippen LogP contribution >= 0.6 is 0 Å². The number of rotatable bonds is 12. The molecule has 0 fully saturated rings. The van der Waals surface area contributed by atoms with Gasteiger partial charge in [-0.05, 0) is 43.1 Å². The number of amides is 1. The molecule has 0 aliphatic heterocycles. The molecule has 1 amide bonds. The Bertz CT molecular complexity index is 1020. The van der Waals surface area contributed by atoms with Crippen LogP contribution in [0.1, 0.15) is 31.2 Å². The second-order valence-corrected chi connectivity index (χ2v) is 7.50. The highest BCUT2D eigenvalue weighted by molar-refractivity contribution is 5.93. The topological polar surface area (TPSA) is 111 Å². The molecule has 0 aliphatic rings. The summed E-state index contributed by atoms with van der Waals surface area (Å²) >= 11 is 0. The zero-order valence-corrected chi connectivity index (χ0v) is 18.7. The Labute approximate surface area is 188 Å². The van der Waals surface area contributed by atoms with Gasteiger partial charge in [-0.25, -0.2) is 9.97 Å². The molecule has 3 aromatic rings. The summed E-state index contributed by atoms with van der Waals surface area (Å²) in [7, 11) is 3.19. The van der Waals surface area contributed by atoms with Crippen LogP contribution < -0.4 is 25.8 Å². The smallest absolute Gasteiger partial charge is 0.224 e. The van der Waals surface area contributed by atoms with Crippen LogP contribution in [0.5, 0.6) is 11.5 Å². The molecule has 0 unspecified atom stereocenters. The number of carbonyl (C=O) groups excluding carboxylic acids is 1. The molecular formula is C24H31N5O3. The number of hydrogen-bond acceptors (Lipinski definition) is 7. The fraction of sp³-hybridized carbons (Fsp3) is 0.375. The third kappa shape index (κ3) is 6.31. The number of hydrogen-bond donors (Lipinski definition) is 3. The van der Waals surface area contributed by atoms with Gasteiger partial charge < -0.3 is 25.8 Å². The Hall–Kier alpha value is -3.39. The molecule has 1 aromatic heterocycles. The van der Waals surface area contributed by atoms with Gasteiger partial charge in [0, 0.05) is 23.7 Å². The highest BCUT2D eigenvalue weighted by Gasteiger charge is 2.11. The van der Waals surface area contributed by atoms with Gasteiger partial charge in [-0.1, -0.05) is 25.0 Å². The summed E-state index contributed by atoms with van der Waals surface area (Å²) in [4.78, 5) is 20.8. The number of unbranched alkanes of at least 4 members (excludes halogenated alkanes) is 3. The first kappa shape index (κ1) is 23.3. The molecule has 8 heteroatoms. The molecule has 0 saturated carbocycles. The van der Waals surface area contributed by atoms with E-state index in [9.17, 15) is 4.79 Å². The summed E-state index contributed by atoms with van der Waals surface area (Å²) < 4.78 is 10.8. The van der Waals surface area contributed by atoms with Gasteiger partial charge in [0.25, 0.3) is 0 Å². The lowest BCUT2D eigenvalue weighted by atomic mass is 10.1. The quantitative estimate of drug-likeness (QED) is 0.371. The molecule has 0 saturated heterocycles. The van der Waals surface area contributed by atoms with Crippen molar-refractivity contribution in [1.82, 2.24) is 15.3 Å². The van der Waals surface area contributed by atoms with E-state index in [1.54, 1.807) is 14.2 Å². The first-order valence-electron chi connectivity index (χ1n) is 10.8. The first-order chi connectivity index (χ1) is 15.6. The minimum Gasteiger partial charge on any atom is -0.493 e. The van der Waals surface area contributed by atoms with Gasteiger partial charge in [0.1, 0.15) is 12.1 Å². The van der Waals surface area contributed by atoms with E-state index in [2.05, 4.69) is 20.6 Å². The van der Waals surface area contributed by atoms with Crippen LogP contribution in [0, 0.1) is 0 Å². The zero-order valence-electron chi connectivity index (χ0n) is 18.7. The van der Waals surface area contributed by atoms with Crippen LogP contribution in [-0.2, 0) is 11.2 Å². The van der Waals surface area contributed by atoms with Gasteiger partial charge in [0.15, 0.2) is 11.5 Å². The van der Waals surface area contributed by atoms with E-state index in [0.29, 0.717) is 30.3 Å². The van der Waals surface area contributed by atoms with E-state index in [1.807, 2.05) is 36.4 Å². The molecule has 4 N–H and O–H groups in total. The molecule has 0 aliphatic carbocycles. The Morgan fingerprint density at radius 2 is 1.69 bits per heavy atom. The highest BCUT2D eigenvalue weighted by Crippen LogP contribution is 2.34.